The largest absolute Gasteiger partial charge is 0.469 e. The fourth-order valence-corrected chi connectivity index (χ4v) is 2.55. The van der Waals surface area contributed by atoms with Crippen LogP contribution in [0.4, 0.5) is 0 Å². The molecule has 0 atom stereocenters. The Hall–Kier alpha value is -1.66. The van der Waals surface area contributed by atoms with E-state index in [2.05, 4.69) is 34.2 Å². The van der Waals surface area contributed by atoms with Crippen LogP contribution in [0.2, 0.25) is 0 Å². The summed E-state index contributed by atoms with van der Waals surface area (Å²) in [6.45, 7) is 10.1. The van der Waals surface area contributed by atoms with Crippen LogP contribution >= 0.6 is 0 Å². The molecule has 0 aromatic carbocycles. The van der Waals surface area contributed by atoms with Crippen molar-refractivity contribution in [2.45, 2.75) is 26.3 Å². The molecule has 20 heavy (non-hydrogen) atoms. The Morgan fingerprint density at radius 2 is 2.05 bits per heavy atom. The first-order valence-electron chi connectivity index (χ1n) is 6.93. The number of nitrogens with zero attached hydrogens (tertiary/aromatic N) is 3. The molecule has 1 aliphatic rings. The van der Waals surface area contributed by atoms with Crippen molar-refractivity contribution in [1.29, 1.82) is 0 Å². The predicted octanol–water partition coefficient (Wildman–Crippen LogP) is 1.78. The highest BCUT2D eigenvalue weighted by atomic mass is 16.5. The Labute approximate surface area is 118 Å². The van der Waals surface area contributed by atoms with Crippen LogP contribution < -0.4 is 5.32 Å². The quantitative estimate of drug-likeness (QED) is 0.921. The molecule has 0 aliphatic carbocycles. The van der Waals surface area contributed by atoms with Crippen LogP contribution in [0.15, 0.2) is 21.3 Å². The van der Waals surface area contributed by atoms with Crippen LogP contribution in [0.25, 0.3) is 11.5 Å². The highest BCUT2D eigenvalue weighted by Gasteiger charge is 2.34. The minimum Gasteiger partial charge on any atom is -0.469 e. The highest BCUT2D eigenvalue weighted by molar-refractivity contribution is 5.54. The molecule has 2 aromatic rings. The lowest BCUT2D eigenvalue weighted by molar-refractivity contribution is 0.0925. The molecular formula is C14H20N4O2. The number of piperazine rings is 1. The van der Waals surface area contributed by atoms with Gasteiger partial charge in [0, 0.05) is 26.2 Å². The molecule has 0 radical (unpaired) electrons. The van der Waals surface area contributed by atoms with Gasteiger partial charge in [-0.15, -0.1) is 0 Å². The first-order valence-corrected chi connectivity index (χ1v) is 6.93. The van der Waals surface area contributed by atoms with E-state index < -0.39 is 0 Å². The SMILES string of the molecule is Cc1occc1-c1nc(C(C)(C)N2CCNCC2)no1. The Morgan fingerprint density at radius 3 is 2.70 bits per heavy atom. The Morgan fingerprint density at radius 1 is 1.30 bits per heavy atom. The fraction of sp³-hybridized carbons (Fsp3) is 0.571. The van der Waals surface area contributed by atoms with Gasteiger partial charge in [-0.3, -0.25) is 4.90 Å². The molecule has 1 saturated heterocycles. The summed E-state index contributed by atoms with van der Waals surface area (Å²) in [4.78, 5) is 6.94. The third-order valence-corrected chi connectivity index (χ3v) is 3.97. The van der Waals surface area contributed by atoms with Crippen molar-refractivity contribution in [3.8, 4) is 11.5 Å². The van der Waals surface area contributed by atoms with E-state index in [1.165, 1.54) is 0 Å². The van der Waals surface area contributed by atoms with Gasteiger partial charge in [0.05, 0.1) is 17.4 Å². The molecule has 2 aromatic heterocycles. The molecule has 1 fully saturated rings. The monoisotopic (exact) mass is 276 g/mol. The van der Waals surface area contributed by atoms with Crippen molar-refractivity contribution in [1.82, 2.24) is 20.4 Å². The summed E-state index contributed by atoms with van der Waals surface area (Å²) in [7, 11) is 0. The second kappa shape index (κ2) is 5.03. The maximum absolute atomic E-state index is 5.40. The fourth-order valence-electron chi connectivity index (χ4n) is 2.55. The van der Waals surface area contributed by atoms with Crippen LogP contribution in [-0.2, 0) is 5.54 Å². The molecule has 6 heteroatoms. The lowest BCUT2D eigenvalue weighted by Gasteiger charge is -2.38. The molecule has 3 heterocycles. The summed E-state index contributed by atoms with van der Waals surface area (Å²) >= 11 is 0. The van der Waals surface area contributed by atoms with Gasteiger partial charge in [-0.25, -0.2) is 0 Å². The van der Waals surface area contributed by atoms with Crippen molar-refractivity contribution in [3.05, 3.63) is 23.9 Å². The summed E-state index contributed by atoms with van der Waals surface area (Å²) < 4.78 is 10.7. The van der Waals surface area contributed by atoms with Gasteiger partial charge in [-0.05, 0) is 26.8 Å². The second-order valence-corrected chi connectivity index (χ2v) is 5.61. The van der Waals surface area contributed by atoms with E-state index in [1.807, 2.05) is 13.0 Å². The van der Waals surface area contributed by atoms with E-state index in [9.17, 15) is 0 Å². The number of aromatic nitrogens is 2. The smallest absolute Gasteiger partial charge is 0.261 e. The summed E-state index contributed by atoms with van der Waals surface area (Å²) in [6, 6.07) is 1.85. The molecule has 0 unspecified atom stereocenters. The number of nitrogens with one attached hydrogen (secondary N) is 1. The number of hydrogen-bond donors (Lipinski definition) is 1. The zero-order valence-electron chi connectivity index (χ0n) is 12.1. The summed E-state index contributed by atoms with van der Waals surface area (Å²) in [6.07, 6.45) is 1.63. The number of rotatable bonds is 3. The van der Waals surface area contributed by atoms with E-state index in [0.29, 0.717) is 5.89 Å². The van der Waals surface area contributed by atoms with Crippen molar-refractivity contribution in [3.63, 3.8) is 0 Å². The van der Waals surface area contributed by atoms with Gasteiger partial charge in [0.15, 0.2) is 5.82 Å². The van der Waals surface area contributed by atoms with Crippen LogP contribution in [-0.4, -0.2) is 41.2 Å². The van der Waals surface area contributed by atoms with Gasteiger partial charge in [0.25, 0.3) is 5.89 Å². The zero-order valence-corrected chi connectivity index (χ0v) is 12.1. The third-order valence-electron chi connectivity index (χ3n) is 3.97. The maximum atomic E-state index is 5.40. The molecule has 0 saturated carbocycles. The third kappa shape index (κ3) is 2.25. The minimum atomic E-state index is -0.235. The molecule has 6 nitrogen and oxygen atoms in total. The first kappa shape index (κ1) is 13.3. The standard InChI is InChI=1S/C14H20N4O2/c1-10-11(4-9-19-10)12-16-13(17-20-12)14(2,3)18-7-5-15-6-8-18/h4,9,15H,5-8H2,1-3H3. The summed E-state index contributed by atoms with van der Waals surface area (Å²) in [5, 5.41) is 7.53. The van der Waals surface area contributed by atoms with Crippen LogP contribution in [0, 0.1) is 6.92 Å². The number of hydrogen-bond acceptors (Lipinski definition) is 6. The lowest BCUT2D eigenvalue weighted by Crippen LogP contribution is -2.52. The Bertz CT molecular complexity index is 582. The topological polar surface area (TPSA) is 67.3 Å². The van der Waals surface area contributed by atoms with Gasteiger partial charge < -0.3 is 14.3 Å². The zero-order chi connectivity index (χ0) is 14.2. The van der Waals surface area contributed by atoms with E-state index >= 15 is 0 Å². The lowest BCUT2D eigenvalue weighted by atomic mass is 10.0. The van der Waals surface area contributed by atoms with Crippen molar-refractivity contribution < 1.29 is 8.94 Å². The van der Waals surface area contributed by atoms with Crippen molar-refractivity contribution >= 4 is 0 Å². The van der Waals surface area contributed by atoms with E-state index in [0.717, 1.165) is 43.3 Å². The van der Waals surface area contributed by atoms with Crippen molar-refractivity contribution in [2.75, 3.05) is 26.2 Å². The maximum Gasteiger partial charge on any atom is 0.261 e. The summed E-state index contributed by atoms with van der Waals surface area (Å²) in [5.41, 5.74) is 0.626. The van der Waals surface area contributed by atoms with E-state index in [4.69, 9.17) is 8.94 Å². The highest BCUT2D eigenvalue weighted by Crippen LogP contribution is 2.29. The summed E-state index contributed by atoms with van der Waals surface area (Å²) in [5.74, 6) is 2.03. The molecule has 108 valence electrons. The molecular weight excluding hydrogens is 256 g/mol. The minimum absolute atomic E-state index is 0.235. The van der Waals surface area contributed by atoms with Gasteiger partial charge in [0.2, 0.25) is 0 Å². The average Bonchev–Trinajstić information content (AvgIpc) is 3.08. The predicted molar refractivity (Wildman–Crippen MR) is 74.2 cm³/mol. The van der Waals surface area contributed by atoms with Crippen LogP contribution in [0.3, 0.4) is 0 Å². The molecule has 1 aliphatic heterocycles. The van der Waals surface area contributed by atoms with Gasteiger partial charge >= 0.3 is 0 Å². The molecule has 1 N–H and O–H groups in total. The molecule has 0 amide bonds. The normalized spacial score (nSPS) is 17.6. The van der Waals surface area contributed by atoms with Crippen LogP contribution in [0.1, 0.15) is 25.4 Å². The van der Waals surface area contributed by atoms with Crippen LogP contribution in [0.5, 0.6) is 0 Å². The molecule has 0 bridgehead atoms. The first-order chi connectivity index (χ1) is 9.59. The molecule has 3 rings (SSSR count). The number of furan rings is 1. The Balaban J connectivity index is 1.87. The van der Waals surface area contributed by atoms with E-state index in [1.54, 1.807) is 6.26 Å². The number of aryl methyl sites for hydroxylation is 1. The average molecular weight is 276 g/mol. The van der Waals surface area contributed by atoms with Gasteiger partial charge in [0.1, 0.15) is 5.76 Å². The Kier molecular flexibility index (Phi) is 3.35. The van der Waals surface area contributed by atoms with Crippen molar-refractivity contribution in [2.24, 2.45) is 0 Å². The van der Waals surface area contributed by atoms with Gasteiger partial charge in [-0.2, -0.15) is 4.98 Å². The van der Waals surface area contributed by atoms with E-state index in [-0.39, 0.29) is 5.54 Å². The second-order valence-electron chi connectivity index (χ2n) is 5.61. The molecule has 0 spiro atoms. The van der Waals surface area contributed by atoms with Gasteiger partial charge in [-0.1, -0.05) is 5.16 Å².